The molecule has 2 fully saturated rings. The number of rotatable bonds is 6. The minimum absolute atomic E-state index is 0.155. The summed E-state index contributed by atoms with van der Waals surface area (Å²) in [5.41, 5.74) is -0.951. The summed E-state index contributed by atoms with van der Waals surface area (Å²) in [6, 6.07) is 7.79. The van der Waals surface area contributed by atoms with Gasteiger partial charge in [0, 0.05) is 37.9 Å². The normalized spacial score (nSPS) is 22.9. The number of carbonyl (C=O) groups is 1. The van der Waals surface area contributed by atoms with Crippen molar-refractivity contribution in [1.82, 2.24) is 10.2 Å². The van der Waals surface area contributed by atoms with Gasteiger partial charge in [-0.3, -0.25) is 9.69 Å². The Bertz CT molecular complexity index is 817. The topological polar surface area (TPSA) is 59.4 Å². The van der Waals surface area contributed by atoms with Gasteiger partial charge in [-0.05, 0) is 76.6 Å². The van der Waals surface area contributed by atoms with E-state index in [1.165, 1.54) is 12.1 Å². The molecule has 1 amide bonds. The summed E-state index contributed by atoms with van der Waals surface area (Å²) in [7, 11) is 0. The molecule has 0 atom stereocenters. The molecule has 8 heteroatoms. The van der Waals surface area contributed by atoms with Gasteiger partial charge >= 0.3 is 6.18 Å². The number of benzene rings is 1. The smallest absolute Gasteiger partial charge is 0.369 e. The van der Waals surface area contributed by atoms with Gasteiger partial charge in [0.05, 0.1) is 11.6 Å². The van der Waals surface area contributed by atoms with Crippen LogP contribution in [0, 0.1) is 22.7 Å². The van der Waals surface area contributed by atoms with E-state index in [0.717, 1.165) is 70.9 Å². The zero-order valence-corrected chi connectivity index (χ0v) is 18.9. The third-order valence-corrected chi connectivity index (χ3v) is 6.79. The fourth-order valence-electron chi connectivity index (χ4n) is 4.49. The van der Waals surface area contributed by atoms with Crippen molar-refractivity contribution in [2.75, 3.05) is 37.6 Å². The van der Waals surface area contributed by atoms with Gasteiger partial charge in [-0.2, -0.15) is 18.4 Å². The molecule has 1 heterocycles. The van der Waals surface area contributed by atoms with E-state index in [1.807, 2.05) is 11.0 Å². The highest BCUT2D eigenvalue weighted by Crippen LogP contribution is 2.32. The molecule has 0 radical (unpaired) electrons. The number of nitrogens with zero attached hydrogens (tertiary/aromatic N) is 3. The first-order valence-electron chi connectivity index (χ1n) is 11.5. The Morgan fingerprint density at radius 3 is 2.38 bits per heavy atom. The molecule has 5 nitrogen and oxygen atoms in total. The van der Waals surface area contributed by atoms with E-state index in [1.54, 1.807) is 19.9 Å². The van der Waals surface area contributed by atoms with Gasteiger partial charge in [-0.25, -0.2) is 0 Å². The maximum Gasteiger partial charge on any atom is 0.416 e. The van der Waals surface area contributed by atoms with Gasteiger partial charge in [0.25, 0.3) is 0 Å². The van der Waals surface area contributed by atoms with Crippen molar-refractivity contribution in [1.29, 1.82) is 5.26 Å². The maximum atomic E-state index is 13.0. The van der Waals surface area contributed by atoms with Crippen LogP contribution in [0.2, 0.25) is 0 Å². The van der Waals surface area contributed by atoms with Crippen LogP contribution in [0.3, 0.4) is 0 Å². The summed E-state index contributed by atoms with van der Waals surface area (Å²) in [4.78, 5) is 16.6. The monoisotopic (exact) mass is 450 g/mol. The number of halogens is 3. The lowest BCUT2D eigenvalue weighted by Crippen LogP contribution is -2.47. The number of piperazine rings is 1. The highest BCUT2D eigenvalue weighted by Gasteiger charge is 2.32. The lowest BCUT2D eigenvalue weighted by atomic mass is 9.83. The van der Waals surface area contributed by atoms with Crippen LogP contribution in [0.1, 0.15) is 51.5 Å². The minimum atomic E-state index is -4.31. The molecule has 1 aromatic rings. The summed E-state index contributed by atoms with van der Waals surface area (Å²) in [5, 5.41) is 12.1. The Morgan fingerprint density at radius 2 is 1.78 bits per heavy atom. The number of hydrogen-bond donors (Lipinski definition) is 1. The molecular formula is C24H33F3N4O. The highest BCUT2D eigenvalue weighted by atomic mass is 19.4. The minimum Gasteiger partial charge on any atom is -0.369 e. The molecule has 1 aliphatic carbocycles. The van der Waals surface area contributed by atoms with Gasteiger partial charge in [0.1, 0.15) is 5.41 Å². The molecule has 1 saturated carbocycles. The Hall–Kier alpha value is -2.27. The van der Waals surface area contributed by atoms with Crippen LogP contribution in [0.15, 0.2) is 24.3 Å². The van der Waals surface area contributed by atoms with Crippen LogP contribution in [-0.2, 0) is 11.0 Å². The second-order valence-electron chi connectivity index (χ2n) is 9.59. The van der Waals surface area contributed by atoms with Crippen LogP contribution in [0.25, 0.3) is 0 Å². The number of amides is 1. The van der Waals surface area contributed by atoms with Crippen LogP contribution in [0.5, 0.6) is 0 Å². The number of carbonyl (C=O) groups excluding carboxylic acids is 1. The number of nitriles is 1. The average Bonchev–Trinajstić information content (AvgIpc) is 2.78. The molecule has 176 valence electrons. The molecule has 0 unspecified atom stereocenters. The van der Waals surface area contributed by atoms with Crippen molar-refractivity contribution < 1.29 is 18.0 Å². The third-order valence-electron chi connectivity index (χ3n) is 6.79. The molecule has 1 N–H and O–H groups in total. The van der Waals surface area contributed by atoms with Crippen molar-refractivity contribution >= 4 is 11.6 Å². The summed E-state index contributed by atoms with van der Waals surface area (Å²) < 4.78 is 38.9. The quantitative estimate of drug-likeness (QED) is 0.696. The van der Waals surface area contributed by atoms with Crippen LogP contribution >= 0.6 is 0 Å². The highest BCUT2D eigenvalue weighted by molar-refractivity contribution is 5.84. The van der Waals surface area contributed by atoms with E-state index in [4.69, 9.17) is 5.26 Å². The first-order valence-corrected chi connectivity index (χ1v) is 11.5. The lowest BCUT2D eigenvalue weighted by molar-refractivity contribution is -0.137. The fourth-order valence-corrected chi connectivity index (χ4v) is 4.49. The third kappa shape index (κ3) is 6.38. The molecule has 1 saturated heterocycles. The van der Waals surface area contributed by atoms with Crippen LogP contribution < -0.4 is 10.2 Å². The SMILES string of the molecule is CC(C)(C#N)C(=O)NC1CCC(CCN2CCN(c3cccc(C(F)(F)F)c3)CC2)CC1. The van der Waals surface area contributed by atoms with E-state index in [-0.39, 0.29) is 11.9 Å². The van der Waals surface area contributed by atoms with Gasteiger partial charge < -0.3 is 10.2 Å². The van der Waals surface area contributed by atoms with Gasteiger partial charge in [-0.15, -0.1) is 0 Å². The zero-order chi connectivity index (χ0) is 23.4. The standard InChI is InChI=1S/C24H33F3N4O/c1-23(2,17-28)22(32)29-20-8-6-18(7-9-20)10-11-30-12-14-31(15-13-30)21-5-3-4-19(16-21)24(25,26)27/h3-5,16,18,20H,6-15H2,1-2H3,(H,29,32). The summed E-state index contributed by atoms with van der Waals surface area (Å²) in [6.07, 6.45) is 0.826. The van der Waals surface area contributed by atoms with E-state index < -0.39 is 17.2 Å². The molecular weight excluding hydrogens is 417 g/mol. The molecule has 1 aliphatic heterocycles. The van der Waals surface area contributed by atoms with Crippen LogP contribution in [-0.4, -0.2) is 49.6 Å². The molecule has 1 aromatic carbocycles. The summed E-state index contributed by atoms with van der Waals surface area (Å²) in [6.45, 7) is 7.44. The average molecular weight is 451 g/mol. The van der Waals surface area contributed by atoms with Gasteiger partial charge in [0.2, 0.25) is 5.91 Å². The van der Waals surface area contributed by atoms with Crippen molar-refractivity contribution in [3.8, 4) is 6.07 Å². The molecule has 32 heavy (non-hydrogen) atoms. The first kappa shape index (κ1) is 24.4. The van der Waals surface area contributed by atoms with Gasteiger partial charge in [-0.1, -0.05) is 6.07 Å². The lowest BCUT2D eigenvalue weighted by Gasteiger charge is -2.37. The number of nitrogens with one attached hydrogen (secondary N) is 1. The zero-order valence-electron chi connectivity index (χ0n) is 18.9. The van der Waals surface area contributed by atoms with Crippen molar-refractivity contribution in [2.24, 2.45) is 11.3 Å². The van der Waals surface area contributed by atoms with E-state index in [0.29, 0.717) is 11.6 Å². The van der Waals surface area contributed by atoms with E-state index >= 15 is 0 Å². The first-order chi connectivity index (χ1) is 15.1. The maximum absolute atomic E-state index is 13.0. The fraction of sp³-hybridized carbons (Fsp3) is 0.667. The number of alkyl halides is 3. The molecule has 0 aromatic heterocycles. The van der Waals surface area contributed by atoms with Gasteiger partial charge in [0.15, 0.2) is 0 Å². The number of anilines is 1. The molecule has 2 aliphatic rings. The van der Waals surface area contributed by atoms with Crippen LogP contribution in [0.4, 0.5) is 18.9 Å². The molecule has 3 rings (SSSR count). The Morgan fingerprint density at radius 1 is 1.12 bits per heavy atom. The van der Waals surface area contributed by atoms with E-state index in [9.17, 15) is 18.0 Å². The molecule has 0 spiro atoms. The van der Waals surface area contributed by atoms with Crippen molar-refractivity contribution in [3.63, 3.8) is 0 Å². The van der Waals surface area contributed by atoms with E-state index in [2.05, 4.69) is 10.2 Å². The Balaban J connectivity index is 1.37. The van der Waals surface area contributed by atoms with Crippen molar-refractivity contribution in [2.45, 2.75) is 58.2 Å². The predicted octanol–water partition coefficient (Wildman–Crippen LogP) is 4.44. The largest absolute Gasteiger partial charge is 0.416 e. The predicted molar refractivity (Wildman–Crippen MR) is 118 cm³/mol. The second-order valence-corrected chi connectivity index (χ2v) is 9.59. The molecule has 0 bridgehead atoms. The van der Waals surface area contributed by atoms with Crippen molar-refractivity contribution in [3.05, 3.63) is 29.8 Å². The Kier molecular flexibility index (Phi) is 7.71. The summed E-state index contributed by atoms with van der Waals surface area (Å²) >= 11 is 0. The number of hydrogen-bond acceptors (Lipinski definition) is 4. The Labute approximate surface area is 188 Å². The second kappa shape index (κ2) is 10.1. The summed E-state index contributed by atoms with van der Waals surface area (Å²) in [5.74, 6) is 0.440.